The van der Waals surface area contributed by atoms with Gasteiger partial charge in [-0.1, -0.05) is 54.6 Å². The molecule has 5 nitrogen and oxygen atoms in total. The van der Waals surface area contributed by atoms with Gasteiger partial charge < -0.3 is 35.6 Å². The number of benzene rings is 2. The summed E-state index contributed by atoms with van der Waals surface area (Å²) in [5.74, 6) is -0.345. The van der Waals surface area contributed by atoms with E-state index in [0.717, 1.165) is 0 Å². The molecule has 0 N–H and O–H groups in total. The van der Waals surface area contributed by atoms with E-state index in [9.17, 15) is 17.3 Å². The highest BCUT2D eigenvalue weighted by Gasteiger charge is 2.52. The van der Waals surface area contributed by atoms with Gasteiger partial charge in [-0.25, -0.2) is 0 Å². The average molecular weight is 533 g/mol. The van der Waals surface area contributed by atoms with Gasteiger partial charge in [0.2, 0.25) is 5.70 Å². The number of carbonyl (C=O) groups excluding carboxylic acids is 1. The zero-order chi connectivity index (χ0) is 27.3. The zero-order valence-electron chi connectivity index (χ0n) is 20.4. The summed E-state index contributed by atoms with van der Waals surface area (Å²) < 4.78 is 77.8. The van der Waals surface area contributed by atoms with Crippen LogP contribution in [0.3, 0.4) is 0 Å². The number of halogens is 4. The molecule has 0 aliphatic carbocycles. The van der Waals surface area contributed by atoms with Crippen LogP contribution in [0.5, 0.6) is 0 Å². The molecular weight excluding hydrogens is 512 g/mol. The first-order valence-electron chi connectivity index (χ1n) is 12.0. The van der Waals surface area contributed by atoms with Gasteiger partial charge in [0.1, 0.15) is 0 Å². The van der Waals surface area contributed by atoms with Crippen molar-refractivity contribution >= 4 is 31.5 Å². The van der Waals surface area contributed by atoms with Crippen molar-refractivity contribution in [2.75, 3.05) is 0 Å². The molecule has 0 amide bonds. The van der Waals surface area contributed by atoms with Crippen LogP contribution in [0.1, 0.15) is 15.5 Å². The smallest absolute Gasteiger partial charge is 0.627 e. The molecule has 0 saturated carbocycles. The molecule has 0 spiro atoms. The SMILES string of the molecule is F[B-]1(F)OC(c2ccccc2)=C/C(=C/C=C(/C=C/C2=CC(c3ccccc3)=[O+][B-](F)(F)O2)[n+]2ccccc2)O1. The molecule has 0 bridgehead atoms. The van der Waals surface area contributed by atoms with Crippen LogP contribution in [0.15, 0.2) is 139 Å². The van der Waals surface area contributed by atoms with E-state index in [1.165, 1.54) is 36.5 Å². The van der Waals surface area contributed by atoms with Gasteiger partial charge in [0.05, 0.1) is 28.9 Å². The molecule has 11 heteroatoms. The number of hydrogen-bond donors (Lipinski definition) is 0. The Hall–Kier alpha value is -4.79. The fourth-order valence-corrected chi connectivity index (χ4v) is 3.87. The van der Waals surface area contributed by atoms with Crippen LogP contribution in [-0.2, 0) is 14.0 Å². The van der Waals surface area contributed by atoms with Gasteiger partial charge in [-0.2, -0.15) is 4.57 Å². The van der Waals surface area contributed by atoms with Gasteiger partial charge in [0, 0.05) is 35.9 Å². The fraction of sp³-hybridized carbons (Fsp3) is 0. The molecule has 0 unspecified atom stereocenters. The second kappa shape index (κ2) is 10.9. The summed E-state index contributed by atoms with van der Waals surface area (Å²) >= 11 is 0. The molecular formula is C28H21B2F4NO4. The summed E-state index contributed by atoms with van der Waals surface area (Å²) in [6.45, 7) is 0. The molecule has 3 aromatic rings. The van der Waals surface area contributed by atoms with E-state index in [2.05, 4.69) is 0 Å². The lowest BCUT2D eigenvalue weighted by Gasteiger charge is -2.34. The highest BCUT2D eigenvalue weighted by molar-refractivity contribution is 6.53. The van der Waals surface area contributed by atoms with Crippen LogP contribution < -0.4 is 4.57 Å². The van der Waals surface area contributed by atoms with Crippen molar-refractivity contribution in [2.24, 2.45) is 0 Å². The van der Waals surface area contributed by atoms with Gasteiger partial charge in [-0.05, 0) is 24.3 Å². The monoisotopic (exact) mass is 533 g/mol. The first-order chi connectivity index (χ1) is 18.8. The van der Waals surface area contributed by atoms with E-state index in [4.69, 9.17) is 18.3 Å². The number of pyridine rings is 1. The normalized spacial score (nSPS) is 19.3. The summed E-state index contributed by atoms with van der Waals surface area (Å²) in [7, 11) is -9.19. The number of nitrogens with zero attached hydrogens (tertiary/aromatic N) is 1. The minimum absolute atomic E-state index is 0.0369. The van der Waals surface area contributed by atoms with Crippen molar-refractivity contribution in [1.82, 2.24) is 0 Å². The molecule has 1 aromatic heterocycles. The summed E-state index contributed by atoms with van der Waals surface area (Å²) in [5, 5.41) is 0. The van der Waals surface area contributed by atoms with Crippen molar-refractivity contribution in [3.05, 3.63) is 150 Å². The van der Waals surface area contributed by atoms with Crippen molar-refractivity contribution in [1.29, 1.82) is 0 Å². The zero-order valence-corrected chi connectivity index (χ0v) is 20.4. The molecule has 196 valence electrons. The van der Waals surface area contributed by atoms with E-state index >= 15 is 0 Å². The van der Waals surface area contributed by atoms with E-state index in [0.29, 0.717) is 16.8 Å². The summed E-state index contributed by atoms with van der Waals surface area (Å²) in [4.78, 5) is 0. The highest BCUT2D eigenvalue weighted by atomic mass is 19.3. The molecule has 2 aliphatic heterocycles. The molecule has 0 saturated heterocycles. The van der Waals surface area contributed by atoms with Crippen molar-refractivity contribution in [3.63, 3.8) is 0 Å². The molecule has 0 atom stereocenters. The molecule has 5 rings (SSSR count). The van der Waals surface area contributed by atoms with Crippen molar-refractivity contribution in [2.45, 2.75) is 0 Å². The maximum absolute atomic E-state index is 14.3. The Morgan fingerprint density at radius 3 is 2.08 bits per heavy atom. The van der Waals surface area contributed by atoms with E-state index in [1.54, 1.807) is 95.8 Å². The molecule has 39 heavy (non-hydrogen) atoms. The molecule has 0 radical (unpaired) electrons. The Balaban J connectivity index is 1.49. The van der Waals surface area contributed by atoms with Crippen molar-refractivity contribution in [3.8, 4) is 0 Å². The van der Waals surface area contributed by atoms with E-state index < -0.39 is 14.2 Å². The third kappa shape index (κ3) is 6.75. The summed E-state index contributed by atoms with van der Waals surface area (Å²) in [6.07, 6.45) is 11.8. The third-order valence-corrected chi connectivity index (χ3v) is 5.59. The van der Waals surface area contributed by atoms with Gasteiger partial charge >= 0.3 is 14.2 Å². The van der Waals surface area contributed by atoms with Crippen LogP contribution in [0, 0.1) is 0 Å². The topological polar surface area (TPSA) is 42.9 Å². The molecule has 2 aromatic carbocycles. The van der Waals surface area contributed by atoms with Crippen LogP contribution >= 0.6 is 0 Å². The predicted molar refractivity (Wildman–Crippen MR) is 141 cm³/mol. The van der Waals surface area contributed by atoms with Gasteiger partial charge in [0.25, 0.3) is 5.78 Å². The number of rotatable bonds is 6. The summed E-state index contributed by atoms with van der Waals surface area (Å²) in [5.41, 5.74) is 1.37. The first-order valence-corrected chi connectivity index (χ1v) is 12.0. The largest absolute Gasteiger partial charge is 0.995 e. The number of allylic oxidation sites excluding steroid dienone is 7. The lowest BCUT2D eigenvalue weighted by Crippen LogP contribution is -2.34. The Kier molecular flexibility index (Phi) is 7.23. The second-order valence-corrected chi connectivity index (χ2v) is 8.47. The van der Waals surface area contributed by atoms with E-state index in [1.807, 2.05) is 0 Å². The lowest BCUT2D eigenvalue weighted by molar-refractivity contribution is -0.578. The van der Waals surface area contributed by atoms with Gasteiger partial charge in [0.15, 0.2) is 12.4 Å². The highest BCUT2D eigenvalue weighted by Crippen LogP contribution is 2.32. The lowest BCUT2D eigenvalue weighted by atomic mass is 10.1. The Labute approximate surface area is 222 Å². The van der Waals surface area contributed by atoms with Crippen LogP contribution in [0.25, 0.3) is 11.5 Å². The number of hydrogen-bond acceptors (Lipinski definition) is 3. The number of ketones is 1. The molecule has 2 aliphatic rings. The third-order valence-electron chi connectivity index (χ3n) is 5.59. The fourth-order valence-electron chi connectivity index (χ4n) is 3.87. The minimum Gasteiger partial charge on any atom is -0.627 e. The van der Waals surface area contributed by atoms with E-state index in [-0.39, 0.29) is 23.1 Å². The Morgan fingerprint density at radius 2 is 1.38 bits per heavy atom. The Morgan fingerprint density at radius 1 is 0.744 bits per heavy atom. The second-order valence-electron chi connectivity index (χ2n) is 8.47. The van der Waals surface area contributed by atoms with Crippen LogP contribution in [0.2, 0.25) is 0 Å². The average Bonchev–Trinajstić information content (AvgIpc) is 2.93. The maximum Gasteiger partial charge on any atom is 0.995 e. The number of aromatic nitrogens is 1. The Bertz CT molecular complexity index is 1520. The standard InChI is InChI=1S/C28H21B2F4NO4/c31-29(32)36-25(20-27(38-29)22-10-4-1-5-11-22)16-14-24(35-18-8-3-9-19-35)15-17-26-21-28(39-30(33,34)37-26)23-12-6-2-7-13-23/h1-21H/b16-14+,24-15-,26-17-. The maximum atomic E-state index is 14.3. The first kappa shape index (κ1) is 25.8. The predicted octanol–water partition coefficient (Wildman–Crippen LogP) is 6.42. The van der Waals surface area contributed by atoms with Crippen LogP contribution in [-0.4, -0.2) is 20.0 Å². The molecule has 3 heterocycles. The van der Waals surface area contributed by atoms with Crippen molar-refractivity contribution < 1.29 is 40.1 Å². The van der Waals surface area contributed by atoms with Gasteiger partial charge in [-0.15, -0.1) is 0 Å². The summed E-state index contributed by atoms with van der Waals surface area (Å²) in [6, 6.07) is 22.2. The van der Waals surface area contributed by atoms with Gasteiger partial charge in [-0.3, -0.25) is 0 Å². The molecule has 0 fully saturated rings. The minimum atomic E-state index is -4.60. The quantitative estimate of drug-likeness (QED) is 0.121. The van der Waals surface area contributed by atoms with Crippen LogP contribution in [0.4, 0.5) is 17.3 Å².